The molecule has 1 aromatic carbocycles. The van der Waals surface area contributed by atoms with Gasteiger partial charge in [0.1, 0.15) is 5.82 Å². The Kier molecular flexibility index (Phi) is 4.55. The van der Waals surface area contributed by atoms with Crippen molar-refractivity contribution in [2.75, 3.05) is 17.2 Å². The lowest BCUT2D eigenvalue weighted by atomic mass is 10.1. The summed E-state index contributed by atoms with van der Waals surface area (Å²) in [7, 11) is 0. The van der Waals surface area contributed by atoms with Crippen LogP contribution < -0.4 is 10.6 Å². The van der Waals surface area contributed by atoms with E-state index in [1.54, 1.807) is 0 Å². The van der Waals surface area contributed by atoms with Crippen molar-refractivity contribution >= 4 is 22.7 Å². The van der Waals surface area contributed by atoms with Crippen LogP contribution in [0.1, 0.15) is 36.9 Å². The number of aryl methyl sites for hydroxylation is 1. The summed E-state index contributed by atoms with van der Waals surface area (Å²) in [6, 6.07) is 11.0. The van der Waals surface area contributed by atoms with E-state index in [-0.39, 0.29) is 0 Å². The summed E-state index contributed by atoms with van der Waals surface area (Å²) in [4.78, 5) is 12.5. The van der Waals surface area contributed by atoms with Crippen molar-refractivity contribution in [3.05, 3.63) is 47.8 Å². The molecule has 1 fully saturated rings. The zero-order chi connectivity index (χ0) is 17.1. The third-order valence-electron chi connectivity index (χ3n) is 4.92. The van der Waals surface area contributed by atoms with E-state index >= 15 is 0 Å². The highest BCUT2D eigenvalue weighted by Gasteiger charge is 2.16. The minimum atomic E-state index is 0.529. The number of aromatic amines is 1. The molecule has 2 aromatic heterocycles. The molecule has 25 heavy (non-hydrogen) atoms. The van der Waals surface area contributed by atoms with E-state index in [1.165, 1.54) is 42.1 Å². The molecule has 0 amide bonds. The van der Waals surface area contributed by atoms with Crippen molar-refractivity contribution in [3.63, 3.8) is 0 Å². The molecule has 1 aliphatic rings. The van der Waals surface area contributed by atoms with Crippen LogP contribution in [0.15, 0.2) is 36.5 Å². The van der Waals surface area contributed by atoms with E-state index in [1.807, 2.05) is 13.0 Å². The lowest BCUT2D eigenvalue weighted by Gasteiger charge is -2.14. The molecule has 0 spiro atoms. The minimum absolute atomic E-state index is 0.529. The van der Waals surface area contributed by atoms with E-state index in [0.29, 0.717) is 6.04 Å². The van der Waals surface area contributed by atoms with Crippen molar-refractivity contribution < 1.29 is 0 Å². The number of anilines is 2. The highest BCUT2D eigenvalue weighted by molar-refractivity contribution is 5.83. The molecule has 0 saturated heterocycles. The van der Waals surface area contributed by atoms with Gasteiger partial charge in [0.05, 0.1) is 0 Å². The third kappa shape index (κ3) is 3.76. The van der Waals surface area contributed by atoms with Crippen LogP contribution in [-0.2, 0) is 6.42 Å². The Morgan fingerprint density at radius 3 is 2.88 bits per heavy atom. The highest BCUT2D eigenvalue weighted by atomic mass is 15.2. The SMILES string of the molecule is Cc1cc(NCCc2c[nH]c3ccccc23)nc(NC2CCCC2)n1. The van der Waals surface area contributed by atoms with Gasteiger partial charge in [0.2, 0.25) is 5.95 Å². The van der Waals surface area contributed by atoms with Crippen molar-refractivity contribution in [1.82, 2.24) is 15.0 Å². The third-order valence-corrected chi connectivity index (χ3v) is 4.92. The Hall–Kier alpha value is -2.56. The van der Waals surface area contributed by atoms with Crippen molar-refractivity contribution in [3.8, 4) is 0 Å². The molecule has 0 radical (unpaired) electrons. The Morgan fingerprint density at radius 2 is 2.00 bits per heavy atom. The van der Waals surface area contributed by atoms with Gasteiger partial charge in [-0.3, -0.25) is 0 Å². The number of aromatic nitrogens is 3. The molecular formula is C20H25N5. The Bertz CT molecular complexity index is 848. The quantitative estimate of drug-likeness (QED) is 0.629. The van der Waals surface area contributed by atoms with Gasteiger partial charge < -0.3 is 15.6 Å². The topological polar surface area (TPSA) is 65.6 Å². The molecule has 5 nitrogen and oxygen atoms in total. The standard InChI is InChI=1S/C20H25N5/c1-14-12-19(25-20(23-14)24-16-6-2-3-7-16)21-11-10-15-13-22-18-9-5-4-8-17(15)18/h4-5,8-9,12-13,16,22H,2-3,6-7,10-11H2,1H3,(H2,21,23,24,25). The number of hydrogen-bond donors (Lipinski definition) is 3. The van der Waals surface area contributed by atoms with E-state index in [2.05, 4.69) is 56.0 Å². The van der Waals surface area contributed by atoms with Crippen LogP contribution >= 0.6 is 0 Å². The van der Waals surface area contributed by atoms with Crippen LogP contribution in [-0.4, -0.2) is 27.5 Å². The number of benzene rings is 1. The Balaban J connectivity index is 1.39. The molecule has 3 aromatic rings. The molecule has 4 rings (SSSR count). The lowest BCUT2D eigenvalue weighted by molar-refractivity contribution is 0.743. The average Bonchev–Trinajstić information content (AvgIpc) is 3.25. The first-order chi connectivity index (χ1) is 12.3. The lowest BCUT2D eigenvalue weighted by Crippen LogP contribution is -2.17. The molecular weight excluding hydrogens is 310 g/mol. The second-order valence-electron chi connectivity index (χ2n) is 6.88. The first-order valence-electron chi connectivity index (χ1n) is 9.19. The second-order valence-corrected chi connectivity index (χ2v) is 6.88. The smallest absolute Gasteiger partial charge is 0.225 e. The van der Waals surface area contributed by atoms with Crippen LogP contribution in [0.25, 0.3) is 10.9 Å². The molecule has 130 valence electrons. The van der Waals surface area contributed by atoms with Crippen molar-refractivity contribution in [2.24, 2.45) is 0 Å². The summed E-state index contributed by atoms with van der Waals surface area (Å²) < 4.78 is 0. The van der Waals surface area contributed by atoms with Gasteiger partial charge in [0, 0.05) is 41.4 Å². The molecule has 0 atom stereocenters. The van der Waals surface area contributed by atoms with Crippen molar-refractivity contribution in [2.45, 2.75) is 45.1 Å². The first-order valence-corrected chi connectivity index (χ1v) is 9.19. The van der Waals surface area contributed by atoms with E-state index < -0.39 is 0 Å². The largest absolute Gasteiger partial charge is 0.370 e. The normalized spacial score (nSPS) is 14.9. The van der Waals surface area contributed by atoms with Gasteiger partial charge in [-0.05, 0) is 37.8 Å². The molecule has 1 aliphatic carbocycles. The maximum Gasteiger partial charge on any atom is 0.225 e. The molecule has 1 saturated carbocycles. The first kappa shape index (κ1) is 15.9. The summed E-state index contributed by atoms with van der Waals surface area (Å²) in [5.74, 6) is 1.65. The fourth-order valence-corrected chi connectivity index (χ4v) is 3.64. The number of nitrogens with one attached hydrogen (secondary N) is 3. The second kappa shape index (κ2) is 7.13. The van der Waals surface area contributed by atoms with Gasteiger partial charge in [-0.15, -0.1) is 0 Å². The van der Waals surface area contributed by atoms with Gasteiger partial charge in [-0.2, -0.15) is 4.98 Å². The molecule has 3 N–H and O–H groups in total. The Morgan fingerprint density at radius 1 is 1.16 bits per heavy atom. The molecule has 0 unspecified atom stereocenters. The van der Waals surface area contributed by atoms with Crippen LogP contribution in [0, 0.1) is 6.92 Å². The number of rotatable bonds is 6. The predicted molar refractivity (Wildman–Crippen MR) is 103 cm³/mol. The molecule has 2 heterocycles. The molecule has 0 aliphatic heterocycles. The average molecular weight is 335 g/mol. The van der Waals surface area contributed by atoms with Crippen LogP contribution in [0.4, 0.5) is 11.8 Å². The Labute approximate surface area is 148 Å². The highest BCUT2D eigenvalue weighted by Crippen LogP contribution is 2.22. The van der Waals surface area contributed by atoms with Crippen LogP contribution in [0.2, 0.25) is 0 Å². The van der Waals surface area contributed by atoms with E-state index in [4.69, 9.17) is 0 Å². The van der Waals surface area contributed by atoms with Crippen LogP contribution in [0.3, 0.4) is 0 Å². The van der Waals surface area contributed by atoms with Gasteiger partial charge in [-0.25, -0.2) is 4.98 Å². The monoisotopic (exact) mass is 335 g/mol. The summed E-state index contributed by atoms with van der Waals surface area (Å²) in [6.07, 6.45) is 8.11. The zero-order valence-corrected chi connectivity index (χ0v) is 14.7. The molecule has 5 heteroatoms. The number of para-hydroxylation sites is 1. The zero-order valence-electron chi connectivity index (χ0n) is 14.7. The summed E-state index contributed by atoms with van der Waals surface area (Å²) in [5.41, 5.74) is 3.52. The summed E-state index contributed by atoms with van der Waals surface area (Å²) in [6.45, 7) is 2.87. The van der Waals surface area contributed by atoms with Gasteiger partial charge >= 0.3 is 0 Å². The number of hydrogen-bond acceptors (Lipinski definition) is 4. The van der Waals surface area contributed by atoms with E-state index in [0.717, 1.165) is 30.4 Å². The number of H-pyrrole nitrogens is 1. The van der Waals surface area contributed by atoms with Crippen LogP contribution in [0.5, 0.6) is 0 Å². The van der Waals surface area contributed by atoms with Crippen molar-refractivity contribution in [1.29, 1.82) is 0 Å². The van der Waals surface area contributed by atoms with Gasteiger partial charge in [-0.1, -0.05) is 31.0 Å². The summed E-state index contributed by atoms with van der Waals surface area (Å²) >= 11 is 0. The number of nitrogens with zero attached hydrogens (tertiary/aromatic N) is 2. The number of fused-ring (bicyclic) bond motifs is 1. The minimum Gasteiger partial charge on any atom is -0.370 e. The van der Waals surface area contributed by atoms with E-state index in [9.17, 15) is 0 Å². The maximum absolute atomic E-state index is 4.64. The fourth-order valence-electron chi connectivity index (χ4n) is 3.64. The van der Waals surface area contributed by atoms with Gasteiger partial charge in [0.25, 0.3) is 0 Å². The maximum atomic E-state index is 4.64. The molecule has 0 bridgehead atoms. The summed E-state index contributed by atoms with van der Waals surface area (Å²) in [5, 5.41) is 8.23. The fraction of sp³-hybridized carbons (Fsp3) is 0.400. The van der Waals surface area contributed by atoms with Gasteiger partial charge in [0.15, 0.2) is 0 Å². The predicted octanol–water partition coefficient (Wildman–Crippen LogP) is 4.28.